The van der Waals surface area contributed by atoms with Gasteiger partial charge in [0.05, 0.1) is 12.2 Å². The molecule has 1 aromatic carbocycles. The molecule has 9 heteroatoms. The molecule has 6 nitrogen and oxygen atoms in total. The molecule has 0 unspecified atom stereocenters. The number of alkyl halides is 3. The van der Waals surface area contributed by atoms with Crippen molar-refractivity contribution in [3.05, 3.63) is 53.7 Å². The van der Waals surface area contributed by atoms with Gasteiger partial charge in [0.15, 0.2) is 6.61 Å². The number of halogens is 3. The highest BCUT2D eigenvalue weighted by atomic mass is 19.4. The molecule has 1 aromatic heterocycles. The maximum Gasteiger partial charge on any atom is 0.419 e. The van der Waals surface area contributed by atoms with E-state index in [1.165, 1.54) is 17.2 Å². The van der Waals surface area contributed by atoms with Crippen LogP contribution in [0.5, 0.6) is 5.75 Å². The zero-order chi connectivity index (χ0) is 21.0. The number of rotatable bonds is 6. The number of likely N-dealkylation sites (tertiary alicyclic amines) is 1. The van der Waals surface area contributed by atoms with Gasteiger partial charge in [0.1, 0.15) is 11.6 Å². The highest BCUT2D eigenvalue weighted by Gasteiger charge is 2.37. The van der Waals surface area contributed by atoms with Crippen molar-refractivity contribution in [1.29, 1.82) is 0 Å². The molecule has 0 bridgehead atoms. The molecule has 29 heavy (non-hydrogen) atoms. The summed E-state index contributed by atoms with van der Waals surface area (Å²) in [6.45, 7) is 0.505. The number of anilines is 1. The summed E-state index contributed by atoms with van der Waals surface area (Å²) in [6.07, 6.45) is -2.62. The Kier molecular flexibility index (Phi) is 6.26. The topological polar surface area (TPSA) is 65.9 Å². The average molecular weight is 409 g/mol. The number of benzene rings is 1. The maximum atomic E-state index is 13.2. The molecule has 1 fully saturated rings. The first-order valence-electron chi connectivity index (χ1n) is 9.15. The predicted molar refractivity (Wildman–Crippen MR) is 100 cm³/mol. The predicted octanol–water partition coefficient (Wildman–Crippen LogP) is 2.71. The molecule has 1 aliphatic rings. The summed E-state index contributed by atoms with van der Waals surface area (Å²) < 4.78 is 45.2. The largest absolute Gasteiger partial charge is 0.484 e. The molecule has 2 heterocycles. The number of aliphatic hydroxyl groups is 1. The number of pyridine rings is 1. The smallest absolute Gasteiger partial charge is 0.419 e. The monoisotopic (exact) mass is 409 g/mol. The summed E-state index contributed by atoms with van der Waals surface area (Å²) in [4.78, 5) is 19.4. The molecule has 1 amide bonds. The van der Waals surface area contributed by atoms with E-state index in [-0.39, 0.29) is 31.0 Å². The van der Waals surface area contributed by atoms with E-state index in [1.807, 2.05) is 0 Å². The molecule has 0 saturated carbocycles. The third-order valence-electron chi connectivity index (χ3n) is 4.96. The first kappa shape index (κ1) is 20.9. The molecule has 1 atom stereocenters. The number of amides is 1. The lowest BCUT2D eigenvalue weighted by Crippen LogP contribution is -2.39. The molecule has 0 radical (unpaired) electrons. The molecular formula is C20H22F3N3O3. The molecule has 1 N–H and O–H groups in total. The standard InChI is InChI=1S/C20H22F3N3O3/c1-25(19-17(20(21,22)23)3-2-9-24-19)15-8-10-26(11-15)18(28)13-29-16-6-4-14(12-27)5-7-16/h2-7,9,15,27H,8,10-13H2,1H3/t15-/m1/s1. The fraction of sp³-hybridized carbons (Fsp3) is 0.400. The normalized spacial score (nSPS) is 16.7. The second-order valence-corrected chi connectivity index (χ2v) is 6.86. The van der Waals surface area contributed by atoms with Gasteiger partial charge in [-0.2, -0.15) is 13.2 Å². The molecule has 1 aliphatic heterocycles. The highest BCUT2D eigenvalue weighted by molar-refractivity contribution is 5.78. The van der Waals surface area contributed by atoms with Crippen molar-refractivity contribution < 1.29 is 27.8 Å². The summed E-state index contributed by atoms with van der Waals surface area (Å²) in [5, 5.41) is 9.03. The van der Waals surface area contributed by atoms with E-state index in [2.05, 4.69) is 4.98 Å². The second-order valence-electron chi connectivity index (χ2n) is 6.86. The van der Waals surface area contributed by atoms with Crippen LogP contribution in [0, 0.1) is 0 Å². The number of carbonyl (C=O) groups is 1. The Labute approximate surface area is 166 Å². The van der Waals surface area contributed by atoms with Crippen LogP contribution in [-0.4, -0.2) is 53.7 Å². The van der Waals surface area contributed by atoms with Gasteiger partial charge in [-0.05, 0) is 36.2 Å². The van der Waals surface area contributed by atoms with Crippen LogP contribution < -0.4 is 9.64 Å². The lowest BCUT2D eigenvalue weighted by molar-refractivity contribution is -0.137. The van der Waals surface area contributed by atoms with E-state index in [9.17, 15) is 18.0 Å². The van der Waals surface area contributed by atoms with Crippen LogP contribution in [0.25, 0.3) is 0 Å². The van der Waals surface area contributed by atoms with Crippen molar-refractivity contribution in [1.82, 2.24) is 9.88 Å². The number of carbonyl (C=O) groups excluding carboxylic acids is 1. The number of hydrogen-bond acceptors (Lipinski definition) is 5. The van der Waals surface area contributed by atoms with Crippen molar-refractivity contribution in [2.24, 2.45) is 0 Å². The van der Waals surface area contributed by atoms with Crippen molar-refractivity contribution >= 4 is 11.7 Å². The molecule has 0 aliphatic carbocycles. The van der Waals surface area contributed by atoms with Gasteiger partial charge in [-0.25, -0.2) is 4.98 Å². The first-order valence-corrected chi connectivity index (χ1v) is 9.15. The number of ether oxygens (including phenoxy) is 1. The van der Waals surface area contributed by atoms with E-state index in [4.69, 9.17) is 9.84 Å². The zero-order valence-electron chi connectivity index (χ0n) is 15.9. The number of aromatic nitrogens is 1. The van der Waals surface area contributed by atoms with Gasteiger partial charge < -0.3 is 19.6 Å². The van der Waals surface area contributed by atoms with Gasteiger partial charge in [-0.15, -0.1) is 0 Å². The Morgan fingerprint density at radius 3 is 2.69 bits per heavy atom. The maximum absolute atomic E-state index is 13.2. The summed E-state index contributed by atoms with van der Waals surface area (Å²) >= 11 is 0. The number of nitrogens with zero attached hydrogens (tertiary/aromatic N) is 3. The van der Waals surface area contributed by atoms with Gasteiger partial charge in [0.25, 0.3) is 5.91 Å². The van der Waals surface area contributed by atoms with E-state index in [0.717, 1.165) is 11.6 Å². The minimum absolute atomic E-state index is 0.0752. The van der Waals surface area contributed by atoms with Gasteiger partial charge >= 0.3 is 6.18 Å². The Hall–Kier alpha value is -2.81. The average Bonchev–Trinajstić information content (AvgIpc) is 3.21. The number of hydrogen-bond donors (Lipinski definition) is 1. The molecule has 0 spiro atoms. The Balaban J connectivity index is 1.58. The van der Waals surface area contributed by atoms with E-state index in [0.29, 0.717) is 25.3 Å². The molecule has 2 aromatic rings. The van der Waals surface area contributed by atoms with Crippen LogP contribution in [0.1, 0.15) is 17.5 Å². The van der Waals surface area contributed by atoms with Crippen molar-refractivity contribution in [2.75, 3.05) is 31.6 Å². The highest BCUT2D eigenvalue weighted by Crippen LogP contribution is 2.36. The van der Waals surface area contributed by atoms with Crippen molar-refractivity contribution in [2.45, 2.75) is 25.2 Å². The zero-order valence-corrected chi connectivity index (χ0v) is 15.9. The van der Waals surface area contributed by atoms with Gasteiger partial charge in [0, 0.05) is 32.4 Å². The minimum atomic E-state index is -4.49. The van der Waals surface area contributed by atoms with Crippen LogP contribution in [-0.2, 0) is 17.6 Å². The Morgan fingerprint density at radius 2 is 2.03 bits per heavy atom. The lowest BCUT2D eigenvalue weighted by atomic mass is 10.2. The number of likely N-dealkylation sites (N-methyl/N-ethyl adjacent to an activating group) is 1. The third kappa shape index (κ3) is 4.97. The van der Waals surface area contributed by atoms with Gasteiger partial charge in [-0.3, -0.25) is 4.79 Å². The fourth-order valence-corrected chi connectivity index (χ4v) is 3.28. The van der Waals surface area contributed by atoms with E-state index >= 15 is 0 Å². The summed E-state index contributed by atoms with van der Waals surface area (Å²) in [6, 6.07) is 8.73. The van der Waals surface area contributed by atoms with Crippen LogP contribution in [0.2, 0.25) is 0 Å². The van der Waals surface area contributed by atoms with Crippen LogP contribution >= 0.6 is 0 Å². The Morgan fingerprint density at radius 1 is 1.31 bits per heavy atom. The summed E-state index contributed by atoms with van der Waals surface area (Å²) in [5.41, 5.74) is -0.0521. The lowest BCUT2D eigenvalue weighted by Gasteiger charge is -2.28. The van der Waals surface area contributed by atoms with E-state index < -0.39 is 11.7 Å². The molecular weight excluding hydrogens is 387 g/mol. The summed E-state index contributed by atoms with van der Waals surface area (Å²) in [7, 11) is 1.56. The van der Waals surface area contributed by atoms with E-state index in [1.54, 1.807) is 36.2 Å². The third-order valence-corrected chi connectivity index (χ3v) is 4.96. The SMILES string of the molecule is CN(c1ncccc1C(F)(F)F)[C@@H]1CCN(C(=O)COc2ccc(CO)cc2)C1. The quantitative estimate of drug-likeness (QED) is 0.795. The van der Waals surface area contributed by atoms with Crippen molar-refractivity contribution in [3.8, 4) is 5.75 Å². The second kappa shape index (κ2) is 8.69. The summed E-state index contributed by atoms with van der Waals surface area (Å²) in [5.74, 6) is 0.135. The molecule has 156 valence electrons. The van der Waals surface area contributed by atoms with Gasteiger partial charge in [0.2, 0.25) is 0 Å². The molecule has 1 saturated heterocycles. The van der Waals surface area contributed by atoms with Crippen molar-refractivity contribution in [3.63, 3.8) is 0 Å². The molecule has 3 rings (SSSR count). The number of aliphatic hydroxyl groups excluding tert-OH is 1. The first-order chi connectivity index (χ1) is 13.8. The van der Waals surface area contributed by atoms with Crippen LogP contribution in [0.4, 0.5) is 19.0 Å². The van der Waals surface area contributed by atoms with Crippen LogP contribution in [0.3, 0.4) is 0 Å². The van der Waals surface area contributed by atoms with Gasteiger partial charge in [-0.1, -0.05) is 12.1 Å². The fourth-order valence-electron chi connectivity index (χ4n) is 3.28. The minimum Gasteiger partial charge on any atom is -0.484 e. The van der Waals surface area contributed by atoms with Crippen LogP contribution in [0.15, 0.2) is 42.6 Å². The Bertz CT molecular complexity index is 843.